The molecule has 3 rings (SSSR count). The molecule has 0 spiro atoms. The van der Waals surface area contributed by atoms with Gasteiger partial charge in [0.1, 0.15) is 0 Å². The lowest BCUT2D eigenvalue weighted by Gasteiger charge is -2.28. The van der Waals surface area contributed by atoms with Crippen molar-refractivity contribution in [2.24, 2.45) is 0 Å². The van der Waals surface area contributed by atoms with Crippen LogP contribution >= 0.6 is 24.8 Å². The molecule has 0 aromatic rings. The van der Waals surface area contributed by atoms with Gasteiger partial charge in [0.15, 0.2) is 0 Å². The van der Waals surface area contributed by atoms with E-state index in [1.807, 2.05) is 4.90 Å². The van der Waals surface area contributed by atoms with Gasteiger partial charge in [-0.2, -0.15) is 0 Å². The minimum absolute atomic E-state index is 0. The topological polar surface area (TPSA) is 83.1 Å². The lowest BCUT2D eigenvalue weighted by Crippen LogP contribution is -2.46. The molecule has 0 saturated carbocycles. The molecule has 2 amide bonds. The van der Waals surface area contributed by atoms with Crippen LogP contribution in [0.3, 0.4) is 0 Å². The summed E-state index contributed by atoms with van der Waals surface area (Å²) in [5, 5.41) is 6.26. The summed E-state index contributed by atoms with van der Waals surface area (Å²) in [4.78, 5) is 28.4. The summed E-state index contributed by atoms with van der Waals surface area (Å²) >= 11 is 0. The number of ether oxygens (including phenoxy) is 2. The van der Waals surface area contributed by atoms with E-state index < -0.39 is 0 Å². The SMILES string of the molecule is Cl.Cl.O=C(CC1COCCN1)NC1CC(=O)N(CCN2CCOCC2)C1. The third kappa shape index (κ3) is 7.17. The summed E-state index contributed by atoms with van der Waals surface area (Å²) in [6.45, 7) is 7.67. The second-order valence-corrected chi connectivity index (χ2v) is 6.69. The molecule has 3 saturated heterocycles. The highest BCUT2D eigenvalue weighted by atomic mass is 35.5. The van der Waals surface area contributed by atoms with E-state index in [1.165, 1.54) is 0 Å². The van der Waals surface area contributed by atoms with Crippen molar-refractivity contribution in [2.75, 3.05) is 65.7 Å². The van der Waals surface area contributed by atoms with Gasteiger partial charge in [0.2, 0.25) is 11.8 Å². The van der Waals surface area contributed by atoms with Crippen LogP contribution in [0.15, 0.2) is 0 Å². The Balaban J connectivity index is 0.00000169. The minimum Gasteiger partial charge on any atom is -0.379 e. The van der Waals surface area contributed by atoms with Crippen molar-refractivity contribution in [3.05, 3.63) is 0 Å². The molecule has 0 aromatic carbocycles. The molecule has 2 unspecified atom stereocenters. The van der Waals surface area contributed by atoms with E-state index in [-0.39, 0.29) is 48.7 Å². The highest BCUT2D eigenvalue weighted by molar-refractivity contribution is 5.85. The number of likely N-dealkylation sites (tertiary alicyclic amines) is 1. The van der Waals surface area contributed by atoms with Crippen LogP contribution in [0.5, 0.6) is 0 Å². The van der Waals surface area contributed by atoms with Gasteiger partial charge in [-0.1, -0.05) is 0 Å². The molecule has 0 aliphatic carbocycles. The molecule has 2 atom stereocenters. The van der Waals surface area contributed by atoms with Crippen molar-refractivity contribution in [3.8, 4) is 0 Å². The molecule has 8 nitrogen and oxygen atoms in total. The minimum atomic E-state index is -0.0702. The molecule has 0 bridgehead atoms. The number of carbonyl (C=O) groups excluding carboxylic acids is 2. The van der Waals surface area contributed by atoms with Crippen molar-refractivity contribution in [1.82, 2.24) is 20.4 Å². The zero-order valence-corrected chi connectivity index (χ0v) is 16.6. The van der Waals surface area contributed by atoms with Crippen LogP contribution in [0, 0.1) is 0 Å². The van der Waals surface area contributed by atoms with Crippen molar-refractivity contribution in [1.29, 1.82) is 0 Å². The average Bonchev–Trinajstić information content (AvgIpc) is 2.94. The van der Waals surface area contributed by atoms with Gasteiger partial charge in [0.05, 0.1) is 32.5 Å². The van der Waals surface area contributed by atoms with E-state index in [0.717, 1.165) is 45.9 Å². The Hall–Kier alpha value is -0.640. The van der Waals surface area contributed by atoms with E-state index in [1.54, 1.807) is 0 Å². The van der Waals surface area contributed by atoms with Crippen LogP contribution in [-0.2, 0) is 19.1 Å². The van der Waals surface area contributed by atoms with Crippen molar-refractivity contribution < 1.29 is 19.1 Å². The third-order valence-corrected chi connectivity index (χ3v) is 4.80. The Kier molecular flexibility index (Phi) is 10.7. The fourth-order valence-electron chi connectivity index (χ4n) is 3.43. The van der Waals surface area contributed by atoms with E-state index in [4.69, 9.17) is 9.47 Å². The normalized spacial score (nSPS) is 26.8. The van der Waals surface area contributed by atoms with Crippen molar-refractivity contribution in [3.63, 3.8) is 0 Å². The maximum absolute atomic E-state index is 12.1. The maximum atomic E-state index is 12.1. The van der Waals surface area contributed by atoms with Crippen LogP contribution < -0.4 is 10.6 Å². The van der Waals surface area contributed by atoms with Crippen LogP contribution in [0.1, 0.15) is 12.8 Å². The maximum Gasteiger partial charge on any atom is 0.224 e. The van der Waals surface area contributed by atoms with Crippen molar-refractivity contribution >= 4 is 36.6 Å². The zero-order chi connectivity index (χ0) is 16.8. The molecule has 3 aliphatic rings. The summed E-state index contributed by atoms with van der Waals surface area (Å²) in [6.07, 6.45) is 0.807. The monoisotopic (exact) mass is 412 g/mol. The Morgan fingerprint density at radius 3 is 2.62 bits per heavy atom. The summed E-state index contributed by atoms with van der Waals surface area (Å²) in [5.74, 6) is 0.124. The first kappa shape index (κ1) is 23.4. The number of nitrogens with zero attached hydrogens (tertiary/aromatic N) is 2. The predicted molar refractivity (Wildman–Crippen MR) is 102 cm³/mol. The number of halogens is 2. The van der Waals surface area contributed by atoms with E-state index >= 15 is 0 Å². The first-order valence-corrected chi connectivity index (χ1v) is 8.89. The zero-order valence-electron chi connectivity index (χ0n) is 15.0. The molecule has 0 radical (unpaired) electrons. The Bertz CT molecular complexity index is 446. The summed E-state index contributed by atoms with van der Waals surface area (Å²) < 4.78 is 10.7. The number of nitrogens with one attached hydrogen (secondary N) is 2. The molecule has 26 heavy (non-hydrogen) atoms. The second-order valence-electron chi connectivity index (χ2n) is 6.69. The number of rotatable bonds is 6. The first-order valence-electron chi connectivity index (χ1n) is 8.89. The first-order chi connectivity index (χ1) is 11.7. The average molecular weight is 413 g/mol. The van der Waals surface area contributed by atoms with E-state index in [9.17, 15) is 9.59 Å². The lowest BCUT2D eigenvalue weighted by molar-refractivity contribution is -0.128. The van der Waals surface area contributed by atoms with Gasteiger partial charge in [0.25, 0.3) is 0 Å². The van der Waals surface area contributed by atoms with Crippen LogP contribution in [0.4, 0.5) is 0 Å². The fraction of sp³-hybridized carbons (Fsp3) is 0.875. The second kappa shape index (κ2) is 11.9. The molecule has 3 fully saturated rings. The predicted octanol–water partition coefficient (Wildman–Crippen LogP) is -0.742. The number of hydrogen-bond acceptors (Lipinski definition) is 6. The van der Waals surface area contributed by atoms with Crippen LogP contribution in [-0.4, -0.2) is 99.4 Å². The highest BCUT2D eigenvalue weighted by Crippen LogP contribution is 2.12. The number of hydrogen-bond donors (Lipinski definition) is 2. The van der Waals surface area contributed by atoms with Crippen LogP contribution in [0.25, 0.3) is 0 Å². The highest BCUT2D eigenvalue weighted by Gasteiger charge is 2.31. The summed E-state index contributed by atoms with van der Waals surface area (Å²) in [7, 11) is 0. The third-order valence-electron chi connectivity index (χ3n) is 4.80. The molecule has 3 aliphatic heterocycles. The summed E-state index contributed by atoms with van der Waals surface area (Å²) in [5.41, 5.74) is 0. The Labute approximate surface area is 167 Å². The lowest BCUT2D eigenvalue weighted by atomic mass is 10.1. The van der Waals surface area contributed by atoms with Gasteiger partial charge >= 0.3 is 0 Å². The van der Waals surface area contributed by atoms with Gasteiger partial charge < -0.3 is 25.0 Å². The number of morpholine rings is 2. The fourth-order valence-corrected chi connectivity index (χ4v) is 3.43. The molecular formula is C16H30Cl2N4O4. The molecule has 152 valence electrons. The molecule has 3 heterocycles. The number of carbonyl (C=O) groups is 2. The largest absolute Gasteiger partial charge is 0.379 e. The smallest absolute Gasteiger partial charge is 0.224 e. The van der Waals surface area contributed by atoms with E-state index in [2.05, 4.69) is 15.5 Å². The van der Waals surface area contributed by atoms with Crippen molar-refractivity contribution in [2.45, 2.75) is 24.9 Å². The molecule has 10 heteroatoms. The van der Waals surface area contributed by atoms with Gasteiger partial charge in [-0.15, -0.1) is 24.8 Å². The van der Waals surface area contributed by atoms with Gasteiger partial charge in [0, 0.05) is 58.2 Å². The molecule has 2 N–H and O–H groups in total. The van der Waals surface area contributed by atoms with E-state index in [0.29, 0.717) is 32.6 Å². The molecular weight excluding hydrogens is 383 g/mol. The number of amides is 2. The molecule has 0 aromatic heterocycles. The van der Waals surface area contributed by atoms with Gasteiger partial charge in [-0.3, -0.25) is 14.5 Å². The van der Waals surface area contributed by atoms with Gasteiger partial charge in [-0.05, 0) is 0 Å². The Morgan fingerprint density at radius 1 is 1.15 bits per heavy atom. The van der Waals surface area contributed by atoms with Crippen LogP contribution in [0.2, 0.25) is 0 Å². The standard InChI is InChI=1S/C16H28N4O4.2ClH/c21-15(9-14-12-24-6-1-17-14)18-13-10-16(22)20(11-13)3-2-19-4-7-23-8-5-19;;/h13-14,17H,1-12H2,(H,18,21);2*1H. The Morgan fingerprint density at radius 2 is 1.92 bits per heavy atom. The summed E-state index contributed by atoms with van der Waals surface area (Å²) in [6, 6.07) is 0.00692. The van der Waals surface area contributed by atoms with Gasteiger partial charge in [-0.25, -0.2) is 0 Å². The quantitative estimate of drug-likeness (QED) is 0.597.